The molecular weight excluding hydrogens is 240 g/mol. The lowest BCUT2D eigenvalue weighted by atomic mass is 9.83. The second kappa shape index (κ2) is 5.49. The molecule has 0 unspecified atom stereocenters. The average Bonchev–Trinajstić information content (AvgIpc) is 2.56. The van der Waals surface area contributed by atoms with Gasteiger partial charge in [0.15, 0.2) is 0 Å². The van der Waals surface area contributed by atoms with Crippen molar-refractivity contribution in [2.45, 2.75) is 45.6 Å². The molecule has 2 aliphatic rings. The number of aliphatic hydroxyl groups excluding tert-OH is 1. The van der Waals surface area contributed by atoms with Gasteiger partial charge in [-0.05, 0) is 55.9 Å². The van der Waals surface area contributed by atoms with Crippen LogP contribution in [-0.4, -0.2) is 24.3 Å². The molecule has 0 amide bonds. The van der Waals surface area contributed by atoms with Crippen molar-refractivity contribution in [3.05, 3.63) is 23.3 Å². The number of aliphatic hydroxyl groups is 1. The monoisotopic (exact) mass is 264 g/mol. The fourth-order valence-corrected chi connectivity index (χ4v) is 3.66. The Morgan fingerprint density at radius 2 is 2.11 bits per heavy atom. The Morgan fingerprint density at radius 1 is 1.42 bits per heavy atom. The first-order valence-electron chi connectivity index (χ1n) is 7.10. The Labute approximate surface area is 115 Å². The van der Waals surface area contributed by atoms with Crippen molar-refractivity contribution in [3.63, 3.8) is 0 Å². The summed E-state index contributed by atoms with van der Waals surface area (Å²) in [6.07, 6.45) is 2.91. The lowest BCUT2D eigenvalue weighted by Crippen LogP contribution is -2.16. The first-order valence-corrected chi connectivity index (χ1v) is 7.10. The zero-order valence-corrected chi connectivity index (χ0v) is 12.1. The van der Waals surface area contributed by atoms with Crippen molar-refractivity contribution >= 4 is 5.97 Å². The van der Waals surface area contributed by atoms with Crippen LogP contribution in [0.25, 0.3) is 0 Å². The second-order valence-corrected chi connectivity index (χ2v) is 6.08. The molecule has 3 heteroatoms. The number of allylic oxidation sites excluding steroid dienone is 1. The van der Waals surface area contributed by atoms with Crippen LogP contribution >= 0.6 is 0 Å². The summed E-state index contributed by atoms with van der Waals surface area (Å²) in [5.74, 6) is 0.892. The summed E-state index contributed by atoms with van der Waals surface area (Å²) in [7, 11) is 1.41. The minimum Gasteiger partial charge on any atom is -0.466 e. The van der Waals surface area contributed by atoms with Crippen molar-refractivity contribution < 1.29 is 14.6 Å². The maximum Gasteiger partial charge on any atom is 0.333 e. The zero-order valence-electron chi connectivity index (χ0n) is 12.1. The molecule has 1 N–H and O–H groups in total. The molecule has 0 heterocycles. The second-order valence-electron chi connectivity index (χ2n) is 6.08. The van der Waals surface area contributed by atoms with E-state index in [-0.39, 0.29) is 5.97 Å². The lowest BCUT2D eigenvalue weighted by molar-refractivity contribution is -0.136. The zero-order chi connectivity index (χ0) is 14.2. The molecule has 0 aliphatic heterocycles. The van der Waals surface area contributed by atoms with E-state index in [1.807, 2.05) is 0 Å². The highest BCUT2D eigenvalue weighted by Crippen LogP contribution is 2.47. The van der Waals surface area contributed by atoms with Gasteiger partial charge in [-0.3, -0.25) is 0 Å². The van der Waals surface area contributed by atoms with Gasteiger partial charge in [-0.2, -0.15) is 0 Å². The molecule has 4 atom stereocenters. The fraction of sp³-hybridized carbons (Fsp3) is 0.688. The summed E-state index contributed by atoms with van der Waals surface area (Å²) in [6, 6.07) is 0. The highest BCUT2D eigenvalue weighted by molar-refractivity contribution is 5.89. The quantitative estimate of drug-likeness (QED) is 0.616. The minimum atomic E-state index is -0.474. The van der Waals surface area contributed by atoms with Gasteiger partial charge in [0.25, 0.3) is 0 Å². The van der Waals surface area contributed by atoms with Crippen LogP contribution in [-0.2, 0) is 9.53 Å². The Hall–Kier alpha value is -1.09. The molecular formula is C16H24O3. The summed E-state index contributed by atoms with van der Waals surface area (Å²) < 4.78 is 4.90. The van der Waals surface area contributed by atoms with Gasteiger partial charge in [-0.25, -0.2) is 4.79 Å². The number of ether oxygens (including phenoxy) is 1. The molecule has 0 aromatic heterocycles. The van der Waals surface area contributed by atoms with Gasteiger partial charge >= 0.3 is 5.97 Å². The van der Waals surface area contributed by atoms with Crippen LogP contribution in [0, 0.1) is 17.8 Å². The molecule has 0 saturated heterocycles. The number of hydrogen-bond donors (Lipinski definition) is 1. The normalized spacial score (nSPS) is 34.7. The molecule has 19 heavy (non-hydrogen) atoms. The van der Waals surface area contributed by atoms with E-state index in [4.69, 9.17) is 4.74 Å². The predicted octanol–water partition coefficient (Wildman–Crippen LogP) is 2.85. The summed E-state index contributed by atoms with van der Waals surface area (Å²) in [5, 5.41) is 10.3. The van der Waals surface area contributed by atoms with Crippen molar-refractivity contribution in [1.82, 2.24) is 0 Å². The van der Waals surface area contributed by atoms with Crippen LogP contribution < -0.4 is 0 Å². The largest absolute Gasteiger partial charge is 0.466 e. The molecule has 106 valence electrons. The summed E-state index contributed by atoms with van der Waals surface area (Å²) in [5.41, 5.74) is 2.84. The number of esters is 1. The Kier molecular flexibility index (Phi) is 4.14. The van der Waals surface area contributed by atoms with Crippen molar-refractivity contribution in [2.75, 3.05) is 7.11 Å². The van der Waals surface area contributed by atoms with Crippen LogP contribution in [0.3, 0.4) is 0 Å². The van der Waals surface area contributed by atoms with Gasteiger partial charge in [-0.15, -0.1) is 0 Å². The van der Waals surface area contributed by atoms with Gasteiger partial charge < -0.3 is 9.84 Å². The molecule has 0 bridgehead atoms. The van der Waals surface area contributed by atoms with Crippen LogP contribution in [0.2, 0.25) is 0 Å². The Morgan fingerprint density at radius 3 is 2.68 bits per heavy atom. The SMILES string of the molecule is C=C(C)[C@@H]1CCC(C(=O)OC)=C2[C@@H](C1)[C@@H](C)C[C@@H]2O. The number of fused-ring (bicyclic) bond motifs is 1. The smallest absolute Gasteiger partial charge is 0.333 e. The fourth-order valence-electron chi connectivity index (χ4n) is 3.66. The third-order valence-corrected chi connectivity index (χ3v) is 4.80. The Bertz CT molecular complexity index is 422. The van der Waals surface area contributed by atoms with E-state index in [9.17, 15) is 9.90 Å². The van der Waals surface area contributed by atoms with E-state index >= 15 is 0 Å². The average molecular weight is 264 g/mol. The Balaban J connectivity index is 2.39. The molecule has 1 fully saturated rings. The lowest BCUT2D eigenvalue weighted by Gasteiger charge is -2.22. The molecule has 2 rings (SSSR count). The maximum absolute atomic E-state index is 12.0. The van der Waals surface area contributed by atoms with E-state index in [0.29, 0.717) is 29.7 Å². The van der Waals surface area contributed by atoms with Crippen molar-refractivity contribution in [2.24, 2.45) is 17.8 Å². The van der Waals surface area contributed by atoms with Gasteiger partial charge in [0.2, 0.25) is 0 Å². The van der Waals surface area contributed by atoms with Crippen LogP contribution in [0.1, 0.15) is 39.5 Å². The number of rotatable bonds is 2. The van der Waals surface area contributed by atoms with Crippen molar-refractivity contribution in [1.29, 1.82) is 0 Å². The van der Waals surface area contributed by atoms with Crippen LogP contribution in [0.15, 0.2) is 23.3 Å². The summed E-state index contributed by atoms with van der Waals surface area (Å²) in [4.78, 5) is 12.0. The van der Waals surface area contributed by atoms with Gasteiger partial charge in [0, 0.05) is 5.57 Å². The first-order chi connectivity index (χ1) is 8.95. The van der Waals surface area contributed by atoms with E-state index in [2.05, 4.69) is 20.4 Å². The molecule has 0 radical (unpaired) electrons. The van der Waals surface area contributed by atoms with Crippen LogP contribution in [0.4, 0.5) is 0 Å². The number of carbonyl (C=O) groups is 1. The topological polar surface area (TPSA) is 46.5 Å². The molecule has 0 spiro atoms. The summed E-state index contributed by atoms with van der Waals surface area (Å²) >= 11 is 0. The van der Waals surface area contributed by atoms with Gasteiger partial charge in [-0.1, -0.05) is 19.1 Å². The highest BCUT2D eigenvalue weighted by atomic mass is 16.5. The number of methoxy groups -OCH3 is 1. The van der Waals surface area contributed by atoms with Crippen LogP contribution in [0.5, 0.6) is 0 Å². The number of carbonyl (C=O) groups excluding carboxylic acids is 1. The standard InChI is InChI=1S/C16H24O3/c1-9(2)11-5-6-12(16(18)19-4)15-13(8-11)10(3)7-14(15)17/h10-11,13-14,17H,1,5-8H2,2-4H3/t10-,11+,13-,14-/m0/s1. The number of hydrogen-bond acceptors (Lipinski definition) is 3. The molecule has 0 aromatic rings. The molecule has 1 saturated carbocycles. The van der Waals surface area contributed by atoms with E-state index in [1.54, 1.807) is 0 Å². The molecule has 3 nitrogen and oxygen atoms in total. The van der Waals surface area contributed by atoms with E-state index < -0.39 is 6.10 Å². The molecule has 0 aromatic carbocycles. The summed E-state index contributed by atoms with van der Waals surface area (Å²) in [6.45, 7) is 8.29. The van der Waals surface area contributed by atoms with E-state index in [0.717, 1.165) is 24.8 Å². The van der Waals surface area contributed by atoms with Gasteiger partial charge in [0.1, 0.15) is 0 Å². The first kappa shape index (κ1) is 14.3. The highest BCUT2D eigenvalue weighted by Gasteiger charge is 2.41. The minimum absolute atomic E-state index is 0.268. The predicted molar refractivity (Wildman–Crippen MR) is 74.5 cm³/mol. The van der Waals surface area contributed by atoms with E-state index in [1.165, 1.54) is 12.7 Å². The van der Waals surface area contributed by atoms with Crippen molar-refractivity contribution in [3.8, 4) is 0 Å². The maximum atomic E-state index is 12.0. The third kappa shape index (κ3) is 2.62. The molecule has 2 aliphatic carbocycles. The van der Waals surface area contributed by atoms with Gasteiger partial charge in [0.05, 0.1) is 13.2 Å². The third-order valence-electron chi connectivity index (χ3n) is 4.80.